The van der Waals surface area contributed by atoms with Crippen LogP contribution in [0.4, 0.5) is 11.8 Å². The highest BCUT2D eigenvalue weighted by Crippen LogP contribution is 2.51. The zero-order chi connectivity index (χ0) is 32.6. The Morgan fingerprint density at radius 3 is 2.62 bits per heavy atom. The highest BCUT2D eigenvalue weighted by Gasteiger charge is 2.50. The van der Waals surface area contributed by atoms with Crippen LogP contribution in [-0.4, -0.2) is 108 Å². The van der Waals surface area contributed by atoms with Crippen LogP contribution in [0.25, 0.3) is 22.3 Å². The summed E-state index contributed by atoms with van der Waals surface area (Å²) in [5.74, 6) is -0.300. The molecule has 1 aliphatic heterocycles. The van der Waals surface area contributed by atoms with Crippen LogP contribution in [0.15, 0.2) is 23.8 Å². The third kappa shape index (κ3) is 6.84. The van der Waals surface area contributed by atoms with Crippen molar-refractivity contribution in [1.29, 1.82) is 0 Å². The fourth-order valence-electron chi connectivity index (χ4n) is 4.42. The van der Waals surface area contributed by atoms with E-state index < -0.39 is 77.7 Å². The molecule has 5 rings (SSSR count). The van der Waals surface area contributed by atoms with Gasteiger partial charge < -0.3 is 41.2 Å². The number of nitrogens with one attached hydrogen (secondary N) is 1. The molecule has 25 heteroatoms. The van der Waals surface area contributed by atoms with E-state index in [1.807, 2.05) is 0 Å². The Morgan fingerprint density at radius 1 is 1.20 bits per heavy atom. The van der Waals surface area contributed by atoms with Crippen LogP contribution in [0.2, 0.25) is 0 Å². The lowest BCUT2D eigenvalue weighted by molar-refractivity contribution is -0.292. The second kappa shape index (κ2) is 13.0. The van der Waals surface area contributed by atoms with Crippen molar-refractivity contribution >= 4 is 49.9 Å². The van der Waals surface area contributed by atoms with Gasteiger partial charge in [-0.25, -0.2) is 29.0 Å². The van der Waals surface area contributed by atoms with Gasteiger partial charge in [-0.2, -0.15) is 9.88 Å². The minimum Gasteiger partial charge on any atom is -0.394 e. The SMILES string of the molecule is CC(O)[C@@H](OC(OC[P+](=O)O)OP(=O)(O)OC1C(O)[C@@H](CO)O[C@H]1n1cnc2c(=O)[nH]c(N)nc21)n1cnc2c(N)ncnc21. The molecule has 45 heavy (non-hydrogen) atoms. The van der Waals surface area contributed by atoms with Crippen LogP contribution in [-0.2, 0) is 32.4 Å². The summed E-state index contributed by atoms with van der Waals surface area (Å²) in [5, 5.41) is 31.0. The lowest BCUT2D eigenvalue weighted by atomic mass is 10.1. The third-order valence-electron chi connectivity index (χ3n) is 6.34. The normalized spacial score (nSPS) is 24.1. The lowest BCUT2D eigenvalue weighted by Gasteiger charge is -2.29. The smallest absolute Gasteiger partial charge is 0.394 e. The van der Waals surface area contributed by atoms with Crippen molar-refractivity contribution in [2.24, 2.45) is 0 Å². The van der Waals surface area contributed by atoms with E-state index in [0.717, 1.165) is 17.2 Å². The van der Waals surface area contributed by atoms with Crippen molar-refractivity contribution in [2.45, 2.75) is 50.3 Å². The van der Waals surface area contributed by atoms with Gasteiger partial charge in [0.25, 0.3) is 18.4 Å². The number of H-pyrrole nitrogens is 1. The molecule has 0 amide bonds. The van der Waals surface area contributed by atoms with Crippen molar-refractivity contribution in [1.82, 2.24) is 39.0 Å². The van der Waals surface area contributed by atoms with Gasteiger partial charge in [0.15, 0.2) is 35.1 Å². The molecule has 1 saturated heterocycles. The van der Waals surface area contributed by atoms with Gasteiger partial charge >= 0.3 is 15.9 Å². The topological polar surface area (TPSA) is 341 Å². The van der Waals surface area contributed by atoms with Crippen molar-refractivity contribution in [2.75, 3.05) is 24.4 Å². The molecule has 0 bridgehead atoms. The Hall–Kier alpha value is -3.57. The number of aromatic amines is 1. The molecule has 0 radical (unpaired) electrons. The fourth-order valence-corrected chi connectivity index (χ4v) is 5.59. The number of imidazole rings is 2. The van der Waals surface area contributed by atoms with Crippen LogP contribution in [0, 0.1) is 0 Å². The molecule has 1 fully saturated rings. The van der Waals surface area contributed by atoms with Crippen LogP contribution in [0.1, 0.15) is 19.4 Å². The number of hydrogen-bond acceptors (Lipinski definition) is 18. The summed E-state index contributed by atoms with van der Waals surface area (Å²) < 4.78 is 53.4. The predicted octanol–water partition coefficient (Wildman–Crippen LogP) is -2.23. The summed E-state index contributed by atoms with van der Waals surface area (Å²) in [6, 6.07) is 0. The lowest BCUT2D eigenvalue weighted by Crippen LogP contribution is -2.36. The molecule has 1 aliphatic rings. The molecular formula is C20H27N10O13P2+. The van der Waals surface area contributed by atoms with Gasteiger partial charge in [0.1, 0.15) is 30.2 Å². The second-order valence-electron chi connectivity index (χ2n) is 9.44. The van der Waals surface area contributed by atoms with Gasteiger partial charge in [-0.15, -0.1) is 0 Å². The first kappa shape index (κ1) is 32.8. The van der Waals surface area contributed by atoms with Crippen LogP contribution in [0.5, 0.6) is 0 Å². The standard InChI is InChI=1S/C20H26N10O13P2/c1-7(32)17(29-4-25-9-13(21)23-3-24-14(9)29)41-20(39-6-44(35)36)43-45(37,38)42-12-11(33)8(2-31)40-18(12)30-5-26-10-15(30)27-19(22)28-16(10)34/h3-5,7-8,11-12,17-18,20,31-33H,2,6H2,1H3,(H6-,21,22,23,24,27,28,34,35,36,37,38)/p+1/t7?,8-,11?,12?,17-,18-,20?/m1/s1. The van der Waals surface area contributed by atoms with Gasteiger partial charge in [0.05, 0.1) is 25.4 Å². The predicted molar refractivity (Wildman–Crippen MR) is 146 cm³/mol. The van der Waals surface area contributed by atoms with Gasteiger partial charge in [0, 0.05) is 0 Å². The average molecular weight is 677 g/mol. The highest BCUT2D eigenvalue weighted by atomic mass is 31.2. The maximum atomic E-state index is 13.3. The van der Waals surface area contributed by atoms with E-state index in [1.165, 1.54) is 17.8 Å². The molecule has 10 N–H and O–H groups in total. The van der Waals surface area contributed by atoms with Gasteiger partial charge in [-0.3, -0.25) is 28.2 Å². The number of aliphatic hydroxyl groups excluding tert-OH is 3. The third-order valence-corrected chi connectivity index (χ3v) is 7.66. The molecule has 244 valence electrons. The summed E-state index contributed by atoms with van der Waals surface area (Å²) in [6.07, 6.45) is -6.98. The number of nitrogens with two attached hydrogens (primary N) is 2. The quantitative estimate of drug-likeness (QED) is 0.0548. The van der Waals surface area contributed by atoms with Gasteiger partial charge in [-0.05, 0) is 11.5 Å². The number of phosphoric acid groups is 1. The Kier molecular flexibility index (Phi) is 9.51. The maximum absolute atomic E-state index is 13.3. The van der Waals surface area contributed by atoms with Crippen molar-refractivity contribution in [3.8, 4) is 0 Å². The molecule has 23 nitrogen and oxygen atoms in total. The van der Waals surface area contributed by atoms with Crippen LogP contribution >= 0.6 is 15.9 Å². The summed E-state index contributed by atoms with van der Waals surface area (Å²) in [4.78, 5) is 54.3. The Balaban J connectivity index is 1.43. The number of nitrogens with zero attached hydrogens (tertiary/aromatic N) is 7. The van der Waals surface area contributed by atoms with E-state index >= 15 is 0 Å². The number of rotatable bonds is 13. The van der Waals surface area contributed by atoms with Crippen molar-refractivity contribution < 1.29 is 57.5 Å². The number of aliphatic hydroxyl groups is 3. The van der Waals surface area contributed by atoms with Gasteiger partial charge in [0.2, 0.25) is 5.95 Å². The zero-order valence-corrected chi connectivity index (χ0v) is 24.7. The Labute approximate surface area is 250 Å². The summed E-state index contributed by atoms with van der Waals surface area (Å²) in [5.41, 5.74) is 10.6. The number of hydrogen-bond donors (Lipinski definition) is 8. The molecule has 0 aliphatic carbocycles. The first-order valence-corrected chi connectivity index (χ1v) is 15.6. The van der Waals surface area contributed by atoms with Crippen LogP contribution < -0.4 is 17.0 Å². The average Bonchev–Trinajstić information content (AvgIpc) is 3.66. The van der Waals surface area contributed by atoms with E-state index in [-0.39, 0.29) is 34.1 Å². The number of anilines is 2. The fraction of sp³-hybridized carbons (Fsp3) is 0.500. The van der Waals surface area contributed by atoms with Crippen molar-refractivity contribution in [3.63, 3.8) is 0 Å². The van der Waals surface area contributed by atoms with Crippen LogP contribution in [0.3, 0.4) is 0 Å². The molecule has 6 unspecified atom stereocenters. The number of aromatic nitrogens is 8. The Bertz CT molecular complexity index is 1800. The minimum atomic E-state index is -5.42. The number of ether oxygens (including phenoxy) is 3. The first-order valence-electron chi connectivity index (χ1n) is 12.7. The maximum Gasteiger partial charge on any atom is 0.534 e. The van der Waals surface area contributed by atoms with E-state index in [9.17, 15) is 39.0 Å². The summed E-state index contributed by atoms with van der Waals surface area (Å²) in [7, 11) is -8.40. The summed E-state index contributed by atoms with van der Waals surface area (Å²) in [6.45, 7) is -1.77. The molecule has 4 aromatic rings. The molecule has 0 aromatic carbocycles. The van der Waals surface area contributed by atoms with E-state index in [1.54, 1.807) is 0 Å². The van der Waals surface area contributed by atoms with Gasteiger partial charge in [-0.1, -0.05) is 0 Å². The molecule has 5 heterocycles. The van der Waals surface area contributed by atoms with E-state index in [4.69, 9.17) is 34.7 Å². The monoisotopic (exact) mass is 677 g/mol. The largest absolute Gasteiger partial charge is 0.534 e. The molecule has 0 saturated carbocycles. The number of phosphoric ester groups is 1. The molecule has 9 atom stereocenters. The Morgan fingerprint density at radius 2 is 1.93 bits per heavy atom. The number of nitrogen functional groups attached to an aromatic ring is 2. The van der Waals surface area contributed by atoms with Crippen molar-refractivity contribution in [3.05, 3.63) is 29.3 Å². The zero-order valence-electron chi connectivity index (χ0n) is 22.9. The minimum absolute atomic E-state index is 0.000999. The van der Waals surface area contributed by atoms with E-state index in [0.29, 0.717) is 0 Å². The second-order valence-corrected chi connectivity index (χ2v) is 11.8. The highest BCUT2D eigenvalue weighted by molar-refractivity contribution is 7.47. The first-order chi connectivity index (χ1) is 21.3. The molecule has 4 aromatic heterocycles. The number of fused-ring (bicyclic) bond motifs is 2. The summed E-state index contributed by atoms with van der Waals surface area (Å²) >= 11 is 0. The molecular weight excluding hydrogens is 650 g/mol. The molecule has 0 spiro atoms. The van der Waals surface area contributed by atoms with E-state index in [2.05, 4.69) is 29.9 Å².